The van der Waals surface area contributed by atoms with Gasteiger partial charge in [-0.2, -0.15) is 0 Å². The zero-order valence-electron chi connectivity index (χ0n) is 21.9. The van der Waals surface area contributed by atoms with E-state index in [9.17, 15) is 23.9 Å². The predicted octanol–water partition coefficient (Wildman–Crippen LogP) is 3.80. The molecule has 7 N–H and O–H groups in total. The Morgan fingerprint density at radius 1 is 1.18 bits per heavy atom. The SMILES string of the molecule is CCC(C)C(NC(=O)O)C(=O)N[C@]1(C(=O)NC(C(N)=S)C(C)CC)CCc2[nH]c3c(Cl)cc(F)cc3c2C1. The smallest absolute Gasteiger partial charge is 0.405 e. The molecule has 2 aromatic rings. The highest BCUT2D eigenvalue weighted by Crippen LogP contribution is 2.37. The zero-order chi connectivity index (χ0) is 28.4. The molecule has 0 bridgehead atoms. The molecule has 3 amide bonds. The number of nitrogens with one attached hydrogen (secondary N) is 4. The van der Waals surface area contributed by atoms with Gasteiger partial charge in [0.1, 0.15) is 17.4 Å². The number of amides is 3. The topological polar surface area (TPSA) is 149 Å². The van der Waals surface area contributed by atoms with Gasteiger partial charge in [0.2, 0.25) is 11.8 Å². The lowest BCUT2D eigenvalue weighted by Gasteiger charge is -2.39. The van der Waals surface area contributed by atoms with E-state index in [1.54, 1.807) is 6.92 Å². The third kappa shape index (κ3) is 6.04. The second-order valence-corrected chi connectivity index (χ2v) is 11.1. The van der Waals surface area contributed by atoms with Crippen molar-refractivity contribution in [3.05, 3.63) is 34.2 Å². The lowest BCUT2D eigenvalue weighted by molar-refractivity contribution is -0.136. The summed E-state index contributed by atoms with van der Waals surface area (Å²) in [5.74, 6) is -2.05. The number of halogens is 2. The Hall–Kier alpha value is -2.92. The molecule has 3 rings (SSSR count). The first-order valence-electron chi connectivity index (χ1n) is 12.7. The van der Waals surface area contributed by atoms with Crippen molar-refractivity contribution in [3.63, 3.8) is 0 Å². The van der Waals surface area contributed by atoms with Crippen molar-refractivity contribution >= 4 is 57.6 Å². The number of aromatic amines is 1. The summed E-state index contributed by atoms with van der Waals surface area (Å²) in [6.45, 7) is 7.45. The summed E-state index contributed by atoms with van der Waals surface area (Å²) in [6, 6.07) is 0.854. The molecule has 0 aliphatic heterocycles. The van der Waals surface area contributed by atoms with E-state index in [4.69, 9.17) is 29.6 Å². The van der Waals surface area contributed by atoms with Crippen molar-refractivity contribution in [1.29, 1.82) is 0 Å². The van der Waals surface area contributed by atoms with Gasteiger partial charge in [0, 0.05) is 17.5 Å². The molecule has 0 saturated heterocycles. The lowest BCUT2D eigenvalue weighted by Crippen LogP contribution is -2.67. The van der Waals surface area contributed by atoms with Crippen molar-refractivity contribution < 1.29 is 23.9 Å². The van der Waals surface area contributed by atoms with Gasteiger partial charge in [0.05, 0.1) is 21.6 Å². The first-order chi connectivity index (χ1) is 17.8. The van der Waals surface area contributed by atoms with E-state index in [2.05, 4.69) is 20.9 Å². The molecular formula is C26H35ClFN5O4S. The van der Waals surface area contributed by atoms with Crippen LogP contribution in [0.4, 0.5) is 9.18 Å². The highest BCUT2D eigenvalue weighted by molar-refractivity contribution is 7.80. The molecule has 0 radical (unpaired) electrons. The maximum atomic E-state index is 14.3. The minimum atomic E-state index is -1.47. The number of benzene rings is 1. The summed E-state index contributed by atoms with van der Waals surface area (Å²) in [7, 11) is 0. The van der Waals surface area contributed by atoms with Gasteiger partial charge in [0.25, 0.3) is 0 Å². The van der Waals surface area contributed by atoms with Crippen molar-refractivity contribution in [2.45, 2.75) is 77.4 Å². The normalized spacial score (nSPS) is 20.1. The van der Waals surface area contributed by atoms with E-state index < -0.39 is 41.3 Å². The summed E-state index contributed by atoms with van der Waals surface area (Å²) >= 11 is 11.5. The molecule has 1 aliphatic rings. The van der Waals surface area contributed by atoms with E-state index in [0.29, 0.717) is 35.7 Å². The number of fused-ring (bicyclic) bond motifs is 3. The minimum Gasteiger partial charge on any atom is -0.465 e. The fourth-order valence-corrected chi connectivity index (χ4v) is 5.53. The molecule has 5 atom stereocenters. The summed E-state index contributed by atoms with van der Waals surface area (Å²) < 4.78 is 14.3. The average Bonchev–Trinajstić information content (AvgIpc) is 3.22. The third-order valence-corrected chi connectivity index (χ3v) is 8.23. The number of aromatic nitrogens is 1. The molecule has 1 aliphatic carbocycles. The molecule has 38 heavy (non-hydrogen) atoms. The van der Waals surface area contributed by atoms with E-state index in [-0.39, 0.29) is 34.7 Å². The summed E-state index contributed by atoms with van der Waals surface area (Å²) in [6.07, 6.45) is 0.475. The highest BCUT2D eigenvalue weighted by atomic mass is 35.5. The van der Waals surface area contributed by atoms with E-state index in [1.165, 1.54) is 12.1 Å². The van der Waals surface area contributed by atoms with E-state index in [0.717, 1.165) is 5.69 Å². The third-order valence-electron chi connectivity index (χ3n) is 7.68. The lowest BCUT2D eigenvalue weighted by atomic mass is 9.78. The first-order valence-corrected chi connectivity index (χ1v) is 13.5. The standard InChI is InChI=1S/C26H35ClFN5O4S/c1-5-12(3)19(22(29)38)31-24(35)26(33-23(34)20(13(4)6-2)32-25(36)37)8-7-18-16(11-26)15-9-14(28)10-17(27)21(15)30-18/h9-10,12-13,19-20,30,32H,5-8,11H2,1-4H3,(H2,29,38)(H,31,35)(H,33,34)(H,36,37)/t12?,13?,19?,20?,26-/m1/s1. The van der Waals surface area contributed by atoms with Crippen LogP contribution in [0.25, 0.3) is 10.9 Å². The van der Waals surface area contributed by atoms with Gasteiger partial charge >= 0.3 is 6.09 Å². The Balaban J connectivity index is 2.08. The molecule has 4 unspecified atom stereocenters. The number of H-pyrrole nitrogens is 1. The molecule has 1 aromatic heterocycles. The van der Waals surface area contributed by atoms with Crippen LogP contribution in [0.2, 0.25) is 5.02 Å². The second kappa shape index (κ2) is 11.9. The summed E-state index contributed by atoms with van der Waals surface area (Å²) in [5, 5.41) is 18.2. The number of aryl methyl sites for hydroxylation is 1. The Morgan fingerprint density at radius 2 is 1.82 bits per heavy atom. The molecule has 208 valence electrons. The Labute approximate surface area is 231 Å². The van der Waals surface area contributed by atoms with Gasteiger partial charge in [-0.15, -0.1) is 0 Å². The highest BCUT2D eigenvalue weighted by Gasteiger charge is 2.46. The van der Waals surface area contributed by atoms with Crippen molar-refractivity contribution in [3.8, 4) is 0 Å². The van der Waals surface area contributed by atoms with Crippen LogP contribution >= 0.6 is 23.8 Å². The van der Waals surface area contributed by atoms with E-state index in [1.807, 2.05) is 20.8 Å². The second-order valence-electron chi connectivity index (χ2n) is 10.2. The number of hydrogen-bond acceptors (Lipinski definition) is 4. The van der Waals surface area contributed by atoms with Gasteiger partial charge < -0.3 is 31.8 Å². The van der Waals surface area contributed by atoms with Crippen LogP contribution in [0.5, 0.6) is 0 Å². The number of carbonyl (C=O) groups is 3. The molecule has 1 heterocycles. The molecule has 1 aromatic carbocycles. The summed E-state index contributed by atoms with van der Waals surface area (Å²) in [4.78, 5) is 42.3. The van der Waals surface area contributed by atoms with Crippen molar-refractivity contribution in [1.82, 2.24) is 20.9 Å². The van der Waals surface area contributed by atoms with E-state index >= 15 is 0 Å². The van der Waals surface area contributed by atoms with Gasteiger partial charge in [-0.05, 0) is 42.4 Å². The number of nitrogens with two attached hydrogens (primary N) is 1. The molecule has 0 fully saturated rings. The van der Waals surface area contributed by atoms with Crippen LogP contribution in [0.15, 0.2) is 12.1 Å². The Morgan fingerprint density at radius 3 is 2.39 bits per heavy atom. The quantitative estimate of drug-likeness (QED) is 0.240. The van der Waals surface area contributed by atoms with Crippen molar-refractivity contribution in [2.75, 3.05) is 0 Å². The number of carbonyl (C=O) groups excluding carboxylic acids is 2. The maximum Gasteiger partial charge on any atom is 0.405 e. The molecule has 12 heteroatoms. The van der Waals surface area contributed by atoms with Crippen LogP contribution in [0.1, 0.15) is 58.2 Å². The van der Waals surface area contributed by atoms with Crippen LogP contribution in [-0.4, -0.2) is 50.6 Å². The van der Waals surface area contributed by atoms with Gasteiger partial charge in [0.15, 0.2) is 0 Å². The van der Waals surface area contributed by atoms with Gasteiger partial charge in [-0.3, -0.25) is 9.59 Å². The molecular weight excluding hydrogens is 533 g/mol. The van der Waals surface area contributed by atoms with Crippen molar-refractivity contribution in [2.24, 2.45) is 17.6 Å². The maximum absolute atomic E-state index is 14.3. The predicted molar refractivity (Wildman–Crippen MR) is 149 cm³/mol. The largest absolute Gasteiger partial charge is 0.465 e. The van der Waals surface area contributed by atoms with Crippen LogP contribution in [-0.2, 0) is 22.4 Å². The van der Waals surface area contributed by atoms with Gasteiger partial charge in [-0.1, -0.05) is 64.4 Å². The van der Waals surface area contributed by atoms with Gasteiger partial charge in [-0.25, -0.2) is 9.18 Å². The molecule has 9 nitrogen and oxygen atoms in total. The number of thiocarbonyl (C=S) groups is 1. The van der Waals surface area contributed by atoms with Crippen LogP contribution < -0.4 is 21.7 Å². The van der Waals surface area contributed by atoms with Crippen LogP contribution in [0.3, 0.4) is 0 Å². The molecule has 0 spiro atoms. The minimum absolute atomic E-state index is 0.0323. The monoisotopic (exact) mass is 567 g/mol. The Bertz CT molecular complexity index is 1250. The zero-order valence-corrected chi connectivity index (χ0v) is 23.5. The fourth-order valence-electron chi connectivity index (χ4n) is 4.99. The summed E-state index contributed by atoms with van der Waals surface area (Å²) in [5.41, 5.74) is 6.48. The average molecular weight is 568 g/mol. The van der Waals surface area contributed by atoms with Crippen LogP contribution in [0, 0.1) is 17.7 Å². The number of rotatable bonds is 10. The number of carboxylic acid groups (broad SMARTS) is 1. The first kappa shape index (κ1) is 29.6. The Kier molecular flexibility index (Phi) is 9.25. The molecule has 0 saturated carbocycles. The fraction of sp³-hybridized carbons (Fsp3) is 0.538. The number of hydrogen-bond donors (Lipinski definition) is 6.